The van der Waals surface area contributed by atoms with Gasteiger partial charge in [0.05, 0.1) is 7.11 Å². The number of hydrogen-bond acceptors (Lipinski definition) is 3. The van der Waals surface area contributed by atoms with E-state index in [-0.39, 0.29) is 17.7 Å². The van der Waals surface area contributed by atoms with Gasteiger partial charge in [0.25, 0.3) is 0 Å². The summed E-state index contributed by atoms with van der Waals surface area (Å²) < 4.78 is 4.74. The summed E-state index contributed by atoms with van der Waals surface area (Å²) in [6.45, 7) is 0. The second kappa shape index (κ2) is 5.80. The summed E-state index contributed by atoms with van der Waals surface area (Å²) in [6, 6.07) is 9.72. The van der Waals surface area contributed by atoms with E-state index in [2.05, 4.69) is 0 Å². The van der Waals surface area contributed by atoms with E-state index in [1.807, 2.05) is 30.3 Å². The Bertz CT molecular complexity index is 425. The molecule has 96 valence electrons. The number of Topliss-reactive ketones (excluding diaryl/α,β-unsaturated/α-hetero) is 1. The maximum Gasteiger partial charge on any atom is 0.316 e. The predicted octanol–water partition coefficient (Wildman–Crippen LogP) is 2.70. The summed E-state index contributed by atoms with van der Waals surface area (Å²) >= 11 is 0. The number of ether oxygens (including phenoxy) is 1. The van der Waals surface area contributed by atoms with Gasteiger partial charge in [0.1, 0.15) is 5.92 Å². The predicted molar refractivity (Wildman–Crippen MR) is 68.2 cm³/mol. The van der Waals surface area contributed by atoms with E-state index in [1.165, 1.54) is 7.11 Å². The first kappa shape index (κ1) is 12.8. The number of carbonyl (C=O) groups excluding carboxylic acids is 2. The molecule has 1 aromatic rings. The van der Waals surface area contributed by atoms with Crippen LogP contribution in [0.15, 0.2) is 30.3 Å². The van der Waals surface area contributed by atoms with E-state index in [0.29, 0.717) is 6.42 Å². The monoisotopic (exact) mass is 246 g/mol. The summed E-state index contributed by atoms with van der Waals surface area (Å²) in [5.41, 5.74) is 1.01. The Hall–Kier alpha value is -1.64. The summed E-state index contributed by atoms with van der Waals surface area (Å²) in [5, 5.41) is 0. The van der Waals surface area contributed by atoms with Crippen molar-refractivity contribution >= 4 is 11.8 Å². The number of esters is 1. The van der Waals surface area contributed by atoms with Crippen LogP contribution in [0.4, 0.5) is 0 Å². The lowest BCUT2D eigenvalue weighted by Gasteiger charge is -2.17. The van der Waals surface area contributed by atoms with Gasteiger partial charge in [-0.25, -0.2) is 0 Å². The average Bonchev–Trinajstić information content (AvgIpc) is 2.61. The van der Waals surface area contributed by atoms with Crippen molar-refractivity contribution in [2.24, 2.45) is 5.92 Å². The van der Waals surface area contributed by atoms with Gasteiger partial charge in [-0.3, -0.25) is 9.59 Å². The van der Waals surface area contributed by atoms with Gasteiger partial charge in [-0.15, -0.1) is 0 Å². The zero-order valence-corrected chi connectivity index (χ0v) is 10.6. The summed E-state index contributed by atoms with van der Waals surface area (Å²) in [7, 11) is 1.35. The molecule has 0 bridgehead atoms. The molecule has 0 radical (unpaired) electrons. The van der Waals surface area contributed by atoms with Crippen molar-refractivity contribution in [2.45, 2.75) is 31.6 Å². The molecule has 1 fully saturated rings. The highest BCUT2D eigenvalue weighted by atomic mass is 16.5. The fraction of sp³-hybridized carbons (Fsp3) is 0.467. The fourth-order valence-corrected chi connectivity index (χ4v) is 2.62. The van der Waals surface area contributed by atoms with Gasteiger partial charge < -0.3 is 4.74 Å². The van der Waals surface area contributed by atoms with Gasteiger partial charge in [-0.1, -0.05) is 43.2 Å². The molecule has 3 nitrogen and oxygen atoms in total. The molecule has 1 aromatic carbocycles. The maximum absolute atomic E-state index is 12.4. The molecule has 18 heavy (non-hydrogen) atoms. The lowest BCUT2D eigenvalue weighted by molar-refractivity contribution is -0.149. The second-order valence-corrected chi connectivity index (χ2v) is 4.73. The van der Waals surface area contributed by atoms with Crippen molar-refractivity contribution < 1.29 is 14.3 Å². The highest BCUT2D eigenvalue weighted by Gasteiger charge is 2.35. The smallest absolute Gasteiger partial charge is 0.316 e. The van der Waals surface area contributed by atoms with Crippen LogP contribution >= 0.6 is 0 Å². The topological polar surface area (TPSA) is 43.4 Å². The number of carbonyl (C=O) groups is 2. The molecule has 0 N–H and O–H groups in total. The Morgan fingerprint density at radius 2 is 1.83 bits per heavy atom. The van der Waals surface area contributed by atoms with Crippen LogP contribution in [0.3, 0.4) is 0 Å². The molecule has 2 rings (SSSR count). The largest absolute Gasteiger partial charge is 0.468 e. The molecule has 0 unspecified atom stereocenters. The SMILES string of the molecule is COC(=O)[C@H]1CCCC[C@@H](c2ccccc2)C1=O. The minimum atomic E-state index is -0.581. The van der Waals surface area contributed by atoms with Crippen LogP contribution in [0.2, 0.25) is 0 Å². The van der Waals surface area contributed by atoms with Crippen molar-refractivity contribution in [3.63, 3.8) is 0 Å². The first-order chi connectivity index (χ1) is 8.74. The molecular weight excluding hydrogens is 228 g/mol. The Morgan fingerprint density at radius 3 is 2.50 bits per heavy atom. The molecule has 0 spiro atoms. The third-order valence-electron chi connectivity index (χ3n) is 3.61. The lowest BCUT2D eigenvalue weighted by atomic mass is 9.86. The molecular formula is C15H18O3. The standard InChI is InChI=1S/C15H18O3/c1-18-15(17)13-10-6-5-9-12(14(13)16)11-7-3-2-4-8-11/h2-4,7-8,12-13H,5-6,9-10H2,1H3/t12-,13-/m0/s1. The number of rotatable bonds is 2. The van der Waals surface area contributed by atoms with Crippen molar-refractivity contribution in [3.8, 4) is 0 Å². The highest BCUT2D eigenvalue weighted by molar-refractivity contribution is 6.02. The van der Waals surface area contributed by atoms with E-state index in [9.17, 15) is 9.59 Å². The Balaban J connectivity index is 2.25. The van der Waals surface area contributed by atoms with Crippen molar-refractivity contribution in [1.29, 1.82) is 0 Å². The Kier molecular flexibility index (Phi) is 4.13. The first-order valence-electron chi connectivity index (χ1n) is 6.40. The maximum atomic E-state index is 12.4. The molecule has 0 amide bonds. The summed E-state index contributed by atoms with van der Waals surface area (Å²) in [5.74, 6) is -1.10. The van der Waals surface area contributed by atoms with Gasteiger partial charge in [0, 0.05) is 5.92 Å². The highest BCUT2D eigenvalue weighted by Crippen LogP contribution is 2.32. The van der Waals surface area contributed by atoms with Crippen molar-refractivity contribution in [1.82, 2.24) is 0 Å². The van der Waals surface area contributed by atoms with Crippen LogP contribution < -0.4 is 0 Å². The number of benzene rings is 1. The third-order valence-corrected chi connectivity index (χ3v) is 3.61. The summed E-state index contributed by atoms with van der Waals surface area (Å²) in [4.78, 5) is 24.1. The molecule has 1 aliphatic carbocycles. The fourth-order valence-electron chi connectivity index (χ4n) is 2.62. The van der Waals surface area contributed by atoms with E-state index >= 15 is 0 Å². The van der Waals surface area contributed by atoms with Crippen LogP contribution in [-0.2, 0) is 14.3 Å². The molecule has 0 aliphatic heterocycles. The van der Waals surface area contributed by atoms with Crippen LogP contribution in [0.1, 0.15) is 37.2 Å². The number of hydrogen-bond donors (Lipinski definition) is 0. The van der Waals surface area contributed by atoms with Gasteiger partial charge in [-0.05, 0) is 18.4 Å². The molecule has 0 heterocycles. The quantitative estimate of drug-likeness (QED) is 0.458. The molecule has 2 atom stereocenters. The van der Waals surface area contributed by atoms with E-state index in [0.717, 1.165) is 24.8 Å². The van der Waals surface area contributed by atoms with E-state index in [4.69, 9.17) is 4.74 Å². The summed E-state index contributed by atoms with van der Waals surface area (Å²) in [6.07, 6.45) is 3.35. The molecule has 1 saturated carbocycles. The van der Waals surface area contributed by atoms with Gasteiger partial charge in [0.2, 0.25) is 0 Å². The third kappa shape index (κ3) is 2.61. The first-order valence-corrected chi connectivity index (χ1v) is 6.40. The molecule has 3 heteroatoms. The zero-order chi connectivity index (χ0) is 13.0. The van der Waals surface area contributed by atoms with Crippen LogP contribution in [0.25, 0.3) is 0 Å². The van der Waals surface area contributed by atoms with Crippen LogP contribution in [-0.4, -0.2) is 18.9 Å². The second-order valence-electron chi connectivity index (χ2n) is 4.73. The number of ketones is 1. The average molecular weight is 246 g/mol. The van der Waals surface area contributed by atoms with Gasteiger partial charge in [-0.2, -0.15) is 0 Å². The Morgan fingerprint density at radius 1 is 1.17 bits per heavy atom. The molecule has 0 aromatic heterocycles. The van der Waals surface area contributed by atoms with Crippen molar-refractivity contribution in [2.75, 3.05) is 7.11 Å². The van der Waals surface area contributed by atoms with Crippen LogP contribution in [0.5, 0.6) is 0 Å². The number of methoxy groups -OCH3 is 1. The van der Waals surface area contributed by atoms with E-state index < -0.39 is 5.92 Å². The molecule has 0 saturated heterocycles. The molecule has 1 aliphatic rings. The zero-order valence-electron chi connectivity index (χ0n) is 10.6. The minimum absolute atomic E-state index is 0.0190. The normalized spacial score (nSPS) is 24.4. The minimum Gasteiger partial charge on any atom is -0.468 e. The van der Waals surface area contributed by atoms with Crippen LogP contribution in [0, 0.1) is 5.92 Å². The Labute approximate surface area is 107 Å². The van der Waals surface area contributed by atoms with Crippen molar-refractivity contribution in [3.05, 3.63) is 35.9 Å². The van der Waals surface area contributed by atoms with Gasteiger partial charge >= 0.3 is 5.97 Å². The van der Waals surface area contributed by atoms with E-state index in [1.54, 1.807) is 0 Å². The lowest BCUT2D eigenvalue weighted by Crippen LogP contribution is -2.28. The van der Waals surface area contributed by atoms with Gasteiger partial charge in [0.15, 0.2) is 5.78 Å².